The van der Waals surface area contributed by atoms with Crippen molar-refractivity contribution in [3.05, 3.63) is 77.5 Å². The Morgan fingerprint density at radius 1 is 1.00 bits per heavy atom. The molecule has 2 heterocycles. The molecule has 0 unspecified atom stereocenters. The summed E-state index contributed by atoms with van der Waals surface area (Å²) in [5, 5.41) is 9.96. The first kappa shape index (κ1) is 18.1. The highest BCUT2D eigenvalue weighted by Crippen LogP contribution is 2.18. The summed E-state index contributed by atoms with van der Waals surface area (Å²) in [5.74, 6) is 0.163. The number of para-hydroxylation sites is 1. The predicted octanol–water partition coefficient (Wildman–Crippen LogP) is 2.99. The number of nitriles is 1. The summed E-state index contributed by atoms with van der Waals surface area (Å²) in [6, 6.07) is 19.8. The Morgan fingerprint density at radius 3 is 2.50 bits per heavy atom. The number of fused-ring (bicyclic) bond motifs is 1. The fourth-order valence-electron chi connectivity index (χ4n) is 3.68. The number of nitrogens with zero attached hydrogens (tertiary/aromatic N) is 4. The molecule has 0 radical (unpaired) electrons. The SMILES string of the molecule is N#Cc1ccc(CN2CCN(C(=O)Cc3cccc4cccnc34)CC2)cc1. The molecule has 1 aliphatic rings. The second-order valence-electron chi connectivity index (χ2n) is 7.13. The lowest BCUT2D eigenvalue weighted by atomic mass is 10.1. The van der Waals surface area contributed by atoms with Gasteiger partial charge in [-0.15, -0.1) is 0 Å². The van der Waals surface area contributed by atoms with Crippen LogP contribution in [0.4, 0.5) is 0 Å². The largest absolute Gasteiger partial charge is 0.340 e. The molecule has 5 nitrogen and oxygen atoms in total. The number of rotatable bonds is 4. The Kier molecular flexibility index (Phi) is 5.31. The number of benzene rings is 2. The van der Waals surface area contributed by atoms with E-state index in [9.17, 15) is 4.79 Å². The van der Waals surface area contributed by atoms with Gasteiger partial charge in [0.15, 0.2) is 0 Å². The van der Waals surface area contributed by atoms with Gasteiger partial charge in [0, 0.05) is 44.3 Å². The van der Waals surface area contributed by atoms with E-state index < -0.39 is 0 Å². The third-order valence-corrected chi connectivity index (χ3v) is 5.27. The van der Waals surface area contributed by atoms with Crippen molar-refractivity contribution < 1.29 is 4.79 Å². The maximum atomic E-state index is 12.8. The van der Waals surface area contributed by atoms with Gasteiger partial charge in [0.1, 0.15) is 0 Å². The first-order chi connectivity index (χ1) is 13.7. The molecule has 0 spiro atoms. The molecular weight excluding hydrogens is 348 g/mol. The lowest BCUT2D eigenvalue weighted by Gasteiger charge is -2.35. The van der Waals surface area contributed by atoms with Crippen LogP contribution >= 0.6 is 0 Å². The van der Waals surface area contributed by atoms with Crippen LogP contribution in [0.25, 0.3) is 10.9 Å². The molecule has 0 aliphatic carbocycles. The second kappa shape index (κ2) is 8.20. The summed E-state index contributed by atoms with van der Waals surface area (Å²) in [6.45, 7) is 4.06. The minimum atomic E-state index is 0.163. The number of pyridine rings is 1. The maximum Gasteiger partial charge on any atom is 0.227 e. The third kappa shape index (κ3) is 4.03. The smallest absolute Gasteiger partial charge is 0.227 e. The molecule has 0 N–H and O–H groups in total. The molecule has 140 valence electrons. The molecular formula is C23H22N4O. The highest BCUT2D eigenvalue weighted by atomic mass is 16.2. The zero-order valence-electron chi connectivity index (χ0n) is 15.7. The summed E-state index contributed by atoms with van der Waals surface area (Å²) < 4.78 is 0. The van der Waals surface area contributed by atoms with Crippen LogP contribution in [-0.2, 0) is 17.8 Å². The van der Waals surface area contributed by atoms with Crippen molar-refractivity contribution >= 4 is 16.8 Å². The van der Waals surface area contributed by atoms with Gasteiger partial charge in [-0.1, -0.05) is 36.4 Å². The summed E-state index contributed by atoms with van der Waals surface area (Å²) in [7, 11) is 0. The van der Waals surface area contributed by atoms with Crippen LogP contribution in [0, 0.1) is 11.3 Å². The van der Waals surface area contributed by atoms with Crippen LogP contribution in [-0.4, -0.2) is 46.9 Å². The lowest BCUT2D eigenvalue weighted by molar-refractivity contribution is -0.132. The summed E-state index contributed by atoms with van der Waals surface area (Å²) >= 11 is 0. The quantitative estimate of drug-likeness (QED) is 0.708. The Morgan fingerprint density at radius 2 is 1.75 bits per heavy atom. The predicted molar refractivity (Wildman–Crippen MR) is 108 cm³/mol. The average Bonchev–Trinajstić information content (AvgIpc) is 2.75. The third-order valence-electron chi connectivity index (χ3n) is 5.27. The first-order valence-corrected chi connectivity index (χ1v) is 9.55. The van der Waals surface area contributed by atoms with Crippen LogP contribution in [0.2, 0.25) is 0 Å². The molecule has 0 bridgehead atoms. The second-order valence-corrected chi connectivity index (χ2v) is 7.13. The highest BCUT2D eigenvalue weighted by molar-refractivity contribution is 5.87. The van der Waals surface area contributed by atoms with Crippen LogP contribution < -0.4 is 0 Å². The Bertz CT molecular complexity index is 1010. The van der Waals surface area contributed by atoms with Crippen molar-refractivity contribution in [2.75, 3.05) is 26.2 Å². The number of carbonyl (C=O) groups excluding carboxylic acids is 1. The van der Waals surface area contributed by atoms with E-state index in [0.717, 1.165) is 49.2 Å². The normalized spacial score (nSPS) is 14.8. The average molecular weight is 370 g/mol. The monoisotopic (exact) mass is 370 g/mol. The van der Waals surface area contributed by atoms with Gasteiger partial charge in [-0.2, -0.15) is 5.26 Å². The van der Waals surface area contributed by atoms with Gasteiger partial charge < -0.3 is 4.90 Å². The van der Waals surface area contributed by atoms with Gasteiger partial charge >= 0.3 is 0 Å². The van der Waals surface area contributed by atoms with Gasteiger partial charge in [-0.25, -0.2) is 0 Å². The number of amides is 1. The standard InChI is InChI=1S/C23H22N4O/c24-16-18-6-8-19(9-7-18)17-26-11-13-27(14-12-26)22(28)15-21-4-1-3-20-5-2-10-25-23(20)21/h1-10H,11-15,17H2. The van der Waals surface area contributed by atoms with Crippen LogP contribution in [0.1, 0.15) is 16.7 Å². The van der Waals surface area contributed by atoms with Gasteiger partial charge in [0.2, 0.25) is 5.91 Å². The first-order valence-electron chi connectivity index (χ1n) is 9.55. The van der Waals surface area contributed by atoms with Gasteiger partial charge in [-0.3, -0.25) is 14.7 Å². The molecule has 0 saturated carbocycles. The highest BCUT2D eigenvalue weighted by Gasteiger charge is 2.21. The Labute approximate surface area is 164 Å². The molecule has 4 rings (SSSR count). The molecule has 1 saturated heterocycles. The van der Waals surface area contributed by atoms with Crippen molar-refractivity contribution in [2.45, 2.75) is 13.0 Å². The summed E-state index contributed by atoms with van der Waals surface area (Å²) in [4.78, 5) is 21.6. The molecule has 5 heteroatoms. The van der Waals surface area contributed by atoms with E-state index >= 15 is 0 Å². The van der Waals surface area contributed by atoms with E-state index in [0.29, 0.717) is 12.0 Å². The van der Waals surface area contributed by atoms with Gasteiger partial charge in [-0.05, 0) is 29.3 Å². The van der Waals surface area contributed by atoms with Gasteiger partial charge in [0.05, 0.1) is 23.6 Å². The van der Waals surface area contributed by atoms with E-state index in [1.807, 2.05) is 59.5 Å². The minimum Gasteiger partial charge on any atom is -0.340 e. The fourth-order valence-corrected chi connectivity index (χ4v) is 3.68. The summed E-state index contributed by atoms with van der Waals surface area (Å²) in [6.07, 6.45) is 2.17. The summed E-state index contributed by atoms with van der Waals surface area (Å²) in [5.41, 5.74) is 3.78. The minimum absolute atomic E-state index is 0.163. The zero-order chi connectivity index (χ0) is 19.3. The number of carbonyl (C=O) groups is 1. The number of aromatic nitrogens is 1. The van der Waals surface area contributed by atoms with E-state index in [1.54, 1.807) is 6.20 Å². The van der Waals surface area contributed by atoms with E-state index in [1.165, 1.54) is 5.56 Å². The Hall–Kier alpha value is -3.23. The molecule has 3 aromatic rings. The number of hydrogen-bond donors (Lipinski definition) is 0. The number of hydrogen-bond acceptors (Lipinski definition) is 4. The zero-order valence-corrected chi connectivity index (χ0v) is 15.7. The maximum absolute atomic E-state index is 12.8. The van der Waals surface area contributed by atoms with Crippen molar-refractivity contribution in [1.29, 1.82) is 5.26 Å². The molecule has 1 aromatic heterocycles. The molecule has 28 heavy (non-hydrogen) atoms. The van der Waals surface area contributed by atoms with Crippen LogP contribution in [0.5, 0.6) is 0 Å². The fraction of sp³-hybridized carbons (Fsp3) is 0.261. The number of piperazine rings is 1. The van der Waals surface area contributed by atoms with Crippen molar-refractivity contribution in [3.8, 4) is 6.07 Å². The molecule has 1 fully saturated rings. The molecule has 1 amide bonds. The van der Waals surface area contributed by atoms with Crippen LogP contribution in [0.15, 0.2) is 60.8 Å². The van der Waals surface area contributed by atoms with Gasteiger partial charge in [0.25, 0.3) is 0 Å². The topological polar surface area (TPSA) is 60.2 Å². The van der Waals surface area contributed by atoms with Crippen LogP contribution in [0.3, 0.4) is 0 Å². The lowest BCUT2D eigenvalue weighted by Crippen LogP contribution is -2.48. The molecule has 0 atom stereocenters. The van der Waals surface area contributed by atoms with Crippen molar-refractivity contribution in [3.63, 3.8) is 0 Å². The molecule has 2 aromatic carbocycles. The van der Waals surface area contributed by atoms with Crippen molar-refractivity contribution in [1.82, 2.24) is 14.8 Å². The molecule has 1 aliphatic heterocycles. The van der Waals surface area contributed by atoms with E-state index in [-0.39, 0.29) is 5.91 Å². The van der Waals surface area contributed by atoms with E-state index in [2.05, 4.69) is 16.0 Å². The Balaban J connectivity index is 1.34. The van der Waals surface area contributed by atoms with Crippen molar-refractivity contribution in [2.24, 2.45) is 0 Å². The van der Waals surface area contributed by atoms with E-state index in [4.69, 9.17) is 5.26 Å².